The maximum Gasteiger partial charge on any atom is 0.237 e. The Hall–Kier alpha value is -3.40. The topological polar surface area (TPSA) is 40.6 Å². The Morgan fingerprint density at radius 1 is 0.409 bits per heavy atom. The van der Waals surface area contributed by atoms with Crippen molar-refractivity contribution in [3.05, 3.63) is 84.9 Å². The molecule has 8 fully saturated rings. The second-order valence-electron chi connectivity index (χ2n) is 15.9. The van der Waals surface area contributed by atoms with Gasteiger partial charge in [0.05, 0.1) is 10.8 Å². The first kappa shape index (κ1) is 27.0. The minimum Gasteiger partial charge on any atom is -0.281 e. The minimum atomic E-state index is -0.242. The van der Waals surface area contributed by atoms with Crippen LogP contribution in [0.4, 0.5) is 22.7 Å². The van der Waals surface area contributed by atoms with Crippen LogP contribution in [-0.4, -0.2) is 11.8 Å². The van der Waals surface area contributed by atoms with Crippen molar-refractivity contribution in [1.82, 2.24) is 0 Å². The number of nitrogens with zero attached hydrogens (tertiary/aromatic N) is 2. The van der Waals surface area contributed by atoms with Gasteiger partial charge in [0.25, 0.3) is 0 Å². The molecule has 8 aliphatic carbocycles. The molecule has 8 bridgehead atoms. The van der Waals surface area contributed by atoms with Crippen LogP contribution in [0.15, 0.2) is 84.9 Å². The maximum absolute atomic E-state index is 14.8. The van der Waals surface area contributed by atoms with Gasteiger partial charge in [-0.05, 0) is 161 Å². The number of hydrogen-bond acceptors (Lipinski definition) is 2. The van der Waals surface area contributed by atoms with Gasteiger partial charge < -0.3 is 0 Å². The average Bonchev–Trinajstić information content (AvgIpc) is 3.02. The smallest absolute Gasteiger partial charge is 0.237 e. The SMILES string of the molecule is O=C(N(c1ccccc1)c1ccc(N(C(=O)C23CC4CC(CC(C4)C2)C3)c2ccccc2)cc1)C12CC3CC(CC(C3)C1)C2. The zero-order chi connectivity index (χ0) is 29.5. The molecule has 4 heteroatoms. The molecule has 44 heavy (non-hydrogen) atoms. The van der Waals surface area contributed by atoms with Crippen LogP contribution in [0.1, 0.15) is 77.0 Å². The van der Waals surface area contributed by atoms with Gasteiger partial charge >= 0.3 is 0 Å². The van der Waals surface area contributed by atoms with Gasteiger partial charge in [0.15, 0.2) is 0 Å². The zero-order valence-electron chi connectivity index (χ0n) is 25.7. The first-order chi connectivity index (χ1) is 21.5. The van der Waals surface area contributed by atoms with Crippen LogP contribution >= 0.6 is 0 Å². The molecule has 11 rings (SSSR count). The predicted octanol–water partition coefficient (Wildman–Crippen LogP) is 9.45. The lowest BCUT2D eigenvalue weighted by Gasteiger charge is -2.56. The summed E-state index contributed by atoms with van der Waals surface area (Å²) in [4.78, 5) is 33.5. The van der Waals surface area contributed by atoms with E-state index < -0.39 is 0 Å². The second kappa shape index (κ2) is 10.1. The van der Waals surface area contributed by atoms with Crippen molar-refractivity contribution in [2.24, 2.45) is 46.3 Å². The molecule has 0 N–H and O–H groups in total. The van der Waals surface area contributed by atoms with Crippen LogP contribution in [-0.2, 0) is 9.59 Å². The van der Waals surface area contributed by atoms with Crippen molar-refractivity contribution in [3.8, 4) is 0 Å². The molecule has 0 unspecified atom stereocenters. The highest BCUT2D eigenvalue weighted by Crippen LogP contribution is 2.62. The summed E-state index contributed by atoms with van der Waals surface area (Å²) >= 11 is 0. The summed E-state index contributed by atoms with van der Waals surface area (Å²) in [5, 5.41) is 0. The Morgan fingerprint density at radius 2 is 0.659 bits per heavy atom. The highest BCUT2D eigenvalue weighted by atomic mass is 16.2. The normalized spacial score (nSPS) is 35.9. The van der Waals surface area contributed by atoms with Gasteiger partial charge in [0.2, 0.25) is 11.8 Å². The Bertz CT molecular complexity index is 1370. The number of benzene rings is 3. The number of amides is 2. The molecule has 8 aliphatic rings. The van der Waals surface area contributed by atoms with E-state index >= 15 is 0 Å². The van der Waals surface area contributed by atoms with E-state index in [0.29, 0.717) is 35.5 Å². The van der Waals surface area contributed by atoms with Crippen LogP contribution in [0.5, 0.6) is 0 Å². The van der Waals surface area contributed by atoms with Crippen molar-refractivity contribution in [2.45, 2.75) is 77.0 Å². The second-order valence-corrected chi connectivity index (χ2v) is 15.9. The van der Waals surface area contributed by atoms with Crippen LogP contribution < -0.4 is 9.80 Å². The minimum absolute atomic E-state index is 0.242. The van der Waals surface area contributed by atoms with Gasteiger partial charge in [-0.1, -0.05) is 36.4 Å². The molecule has 0 aliphatic heterocycles. The summed E-state index contributed by atoms with van der Waals surface area (Å²) in [5.41, 5.74) is 3.18. The lowest BCUT2D eigenvalue weighted by atomic mass is 9.49. The van der Waals surface area contributed by atoms with Gasteiger partial charge in [-0.15, -0.1) is 0 Å². The molecular formula is C40H44N2O2. The monoisotopic (exact) mass is 584 g/mol. The van der Waals surface area contributed by atoms with E-state index in [1.54, 1.807) is 0 Å². The lowest BCUT2D eigenvalue weighted by molar-refractivity contribution is -0.143. The molecule has 0 radical (unpaired) electrons. The van der Waals surface area contributed by atoms with Crippen molar-refractivity contribution >= 4 is 34.6 Å². The molecule has 0 heterocycles. The van der Waals surface area contributed by atoms with Crippen molar-refractivity contribution < 1.29 is 9.59 Å². The average molecular weight is 585 g/mol. The Labute approximate surface area is 261 Å². The third-order valence-corrected chi connectivity index (χ3v) is 12.8. The Kier molecular flexibility index (Phi) is 6.16. The van der Waals surface area contributed by atoms with E-state index in [2.05, 4.69) is 48.5 Å². The van der Waals surface area contributed by atoms with Crippen LogP contribution in [0.3, 0.4) is 0 Å². The van der Waals surface area contributed by atoms with E-state index in [1.165, 1.54) is 38.5 Å². The van der Waals surface area contributed by atoms with Crippen molar-refractivity contribution in [2.75, 3.05) is 9.80 Å². The molecule has 0 aromatic heterocycles. The zero-order valence-corrected chi connectivity index (χ0v) is 25.7. The van der Waals surface area contributed by atoms with Crippen molar-refractivity contribution in [3.63, 3.8) is 0 Å². The van der Waals surface area contributed by atoms with Gasteiger partial charge in [0.1, 0.15) is 0 Å². The molecular weight excluding hydrogens is 540 g/mol. The standard InChI is InChI=1S/C40H44N2O2/c43-37(39-21-27-15-28(22-39)17-29(16-27)23-39)41(33-7-3-1-4-8-33)35-11-13-36(14-12-35)42(34-9-5-2-6-10-34)38(44)40-24-30-18-31(25-40)20-32(19-30)26-40/h1-14,27-32H,15-26H2. The summed E-state index contributed by atoms with van der Waals surface area (Å²) in [6, 6.07) is 28.8. The third kappa shape index (κ3) is 4.30. The van der Waals surface area contributed by atoms with Crippen LogP contribution in [0.2, 0.25) is 0 Å². The van der Waals surface area contributed by atoms with Crippen LogP contribution in [0.25, 0.3) is 0 Å². The summed E-state index contributed by atoms with van der Waals surface area (Å²) < 4.78 is 0. The molecule has 3 aromatic rings. The molecule has 2 amide bonds. The lowest BCUT2D eigenvalue weighted by Crippen LogP contribution is -2.54. The first-order valence-electron chi connectivity index (χ1n) is 17.4. The van der Waals surface area contributed by atoms with Gasteiger partial charge in [-0.3, -0.25) is 19.4 Å². The van der Waals surface area contributed by atoms with Gasteiger partial charge in [-0.25, -0.2) is 0 Å². The van der Waals surface area contributed by atoms with E-state index in [0.717, 1.165) is 61.3 Å². The first-order valence-corrected chi connectivity index (χ1v) is 17.4. The van der Waals surface area contributed by atoms with E-state index in [1.807, 2.05) is 46.2 Å². The van der Waals surface area contributed by atoms with Gasteiger partial charge in [0, 0.05) is 22.7 Å². The number of anilines is 4. The van der Waals surface area contributed by atoms with E-state index in [9.17, 15) is 9.59 Å². The molecule has 4 nitrogen and oxygen atoms in total. The molecule has 226 valence electrons. The fourth-order valence-corrected chi connectivity index (χ4v) is 11.9. The molecule has 0 spiro atoms. The number of rotatable bonds is 6. The molecule has 3 aromatic carbocycles. The fourth-order valence-electron chi connectivity index (χ4n) is 11.9. The third-order valence-electron chi connectivity index (χ3n) is 12.8. The number of hydrogen-bond donors (Lipinski definition) is 0. The van der Waals surface area contributed by atoms with Crippen LogP contribution in [0, 0.1) is 46.3 Å². The number of para-hydroxylation sites is 2. The number of carbonyl (C=O) groups excluding carboxylic acids is 2. The Morgan fingerprint density at radius 3 is 0.932 bits per heavy atom. The van der Waals surface area contributed by atoms with Gasteiger partial charge in [-0.2, -0.15) is 0 Å². The summed E-state index contributed by atoms with van der Waals surface area (Å²) in [7, 11) is 0. The molecule has 0 atom stereocenters. The predicted molar refractivity (Wildman–Crippen MR) is 175 cm³/mol. The summed E-state index contributed by atoms with van der Waals surface area (Å²) in [5.74, 6) is 4.81. The Balaban J connectivity index is 1.08. The van der Waals surface area contributed by atoms with Crippen molar-refractivity contribution in [1.29, 1.82) is 0 Å². The fraction of sp³-hybridized carbons (Fsp3) is 0.500. The largest absolute Gasteiger partial charge is 0.281 e. The molecule has 8 saturated carbocycles. The van der Waals surface area contributed by atoms with E-state index in [4.69, 9.17) is 0 Å². The van der Waals surface area contributed by atoms with E-state index in [-0.39, 0.29) is 22.6 Å². The quantitative estimate of drug-likeness (QED) is 0.290. The molecule has 0 saturated heterocycles. The maximum atomic E-state index is 14.8. The summed E-state index contributed by atoms with van der Waals surface area (Å²) in [6.45, 7) is 0. The number of carbonyl (C=O) groups is 2. The summed E-state index contributed by atoms with van der Waals surface area (Å²) in [6.07, 6.45) is 14.2. The highest BCUT2D eigenvalue weighted by molar-refractivity contribution is 6.06. The highest BCUT2D eigenvalue weighted by Gasteiger charge is 2.57.